The van der Waals surface area contributed by atoms with Gasteiger partial charge >= 0.3 is 143 Å². The summed E-state index contributed by atoms with van der Waals surface area (Å²) in [4.78, 5) is 0. The molecule has 260 valence electrons. The largest absolute Gasteiger partial charge is 0.507 e. The van der Waals surface area contributed by atoms with Crippen molar-refractivity contribution >= 4 is 4.40 Å². The summed E-state index contributed by atoms with van der Waals surface area (Å²) < 4.78 is 7.96. The number of phenols is 2. The van der Waals surface area contributed by atoms with Gasteiger partial charge < -0.3 is 10.2 Å². The predicted octanol–water partition coefficient (Wildman–Crippen LogP) is 11.6. The summed E-state index contributed by atoms with van der Waals surface area (Å²) in [5.74, 6) is 3.62. The van der Waals surface area contributed by atoms with Crippen LogP contribution in [0.25, 0.3) is 11.1 Å². The van der Waals surface area contributed by atoms with Crippen LogP contribution in [-0.4, -0.2) is 20.2 Å². The van der Waals surface area contributed by atoms with E-state index in [0.29, 0.717) is 5.54 Å². The van der Waals surface area contributed by atoms with Crippen molar-refractivity contribution in [3.05, 3.63) is 81.4 Å². The minimum absolute atomic E-state index is 0.176. The zero-order valence-electron chi connectivity index (χ0n) is 31.8. The molecule has 4 aliphatic rings. The molecule has 0 amide bonds. The van der Waals surface area contributed by atoms with Crippen LogP contribution >= 0.6 is 0 Å². The van der Waals surface area contributed by atoms with Gasteiger partial charge in [0.15, 0.2) is 0 Å². The maximum atomic E-state index is 11.2. The molecule has 0 radical (unpaired) electrons. The summed E-state index contributed by atoms with van der Waals surface area (Å²) in [6, 6.07) is 15.1. The van der Waals surface area contributed by atoms with Crippen molar-refractivity contribution in [3.63, 3.8) is 0 Å². The van der Waals surface area contributed by atoms with Crippen LogP contribution in [0.2, 0.25) is 0 Å². The first-order valence-electron chi connectivity index (χ1n) is 18.2. The van der Waals surface area contributed by atoms with Crippen LogP contribution in [0.5, 0.6) is 11.5 Å². The minimum atomic E-state index is -0.353. The minimum Gasteiger partial charge on any atom is -0.507 e. The molecule has 3 aromatic rings. The first kappa shape index (κ1) is 36.9. The van der Waals surface area contributed by atoms with Gasteiger partial charge in [-0.05, 0) is 60.8 Å². The first-order chi connectivity index (χ1) is 22.2. The van der Waals surface area contributed by atoms with Gasteiger partial charge in [-0.15, -0.1) is 0 Å². The molecule has 3 nitrogen and oxygen atoms in total. The molecule has 0 spiro atoms. The van der Waals surface area contributed by atoms with Gasteiger partial charge in [0.2, 0.25) is 0 Å². The van der Waals surface area contributed by atoms with Crippen molar-refractivity contribution in [2.45, 2.75) is 143 Å². The van der Waals surface area contributed by atoms with E-state index in [1.807, 2.05) is 13.8 Å². The van der Waals surface area contributed by atoms with Gasteiger partial charge in [0.25, 0.3) is 0 Å². The number of aromatic hydroxyl groups is 2. The second-order valence-electron chi connectivity index (χ2n) is 18.2. The Morgan fingerprint density at radius 3 is 1.44 bits per heavy atom. The first-order valence-corrected chi connectivity index (χ1v) is 20.2. The summed E-state index contributed by atoms with van der Waals surface area (Å²) in [5.41, 5.74) is 9.28. The average molecular weight is 732 g/mol. The fourth-order valence-electron chi connectivity index (χ4n) is 8.94. The molecule has 2 N–H and O–H groups in total. The molecule has 4 heteroatoms. The number of hydrogen-bond donors (Lipinski definition) is 2. The van der Waals surface area contributed by atoms with Crippen molar-refractivity contribution < 1.29 is 28.1 Å². The normalized spacial score (nSPS) is 23.4. The molecular weight excluding hydrogens is 670 g/mol. The molecule has 0 heterocycles. The molecule has 4 aliphatic carbocycles. The third-order valence-electron chi connectivity index (χ3n) is 11.6. The van der Waals surface area contributed by atoms with Crippen LogP contribution in [0.3, 0.4) is 0 Å². The Balaban J connectivity index is 0.000000190. The third kappa shape index (κ3) is 7.52. The van der Waals surface area contributed by atoms with Gasteiger partial charge in [0, 0.05) is 22.3 Å². The van der Waals surface area contributed by atoms with Gasteiger partial charge in [-0.25, -0.2) is 0 Å². The van der Waals surface area contributed by atoms with Crippen LogP contribution in [-0.2, 0) is 34.2 Å². The van der Waals surface area contributed by atoms with Gasteiger partial charge in [-0.2, -0.15) is 0 Å². The number of hydrogen-bond acceptors (Lipinski definition) is 3. The van der Waals surface area contributed by atoms with E-state index in [1.165, 1.54) is 44.1 Å². The summed E-state index contributed by atoms with van der Waals surface area (Å²) in [6.45, 7) is 25.5. The van der Waals surface area contributed by atoms with Crippen molar-refractivity contribution in [1.82, 2.24) is 0 Å². The number of aryl methyl sites for hydroxylation is 2. The summed E-state index contributed by atoms with van der Waals surface area (Å²) in [7, 11) is 0. The standard InChI is InChI=1S/C24H34O2.C10H15N.C10H12.Mo/c1-13-11-17(23(5,6)7)21(25)19(15(13)3)20-16(4)14(2)12-18(22(20)26)24(8,9)10;11-10-4-7-1-8(5-10)3-9(2-7)6-10;1-10(2,3)9-7-5-4-6-8-9;/h11-12,25-26H,1-10H3;7-9H,1-6H2;1,4-8H,2-3H3;. The van der Waals surface area contributed by atoms with E-state index < -0.39 is 0 Å². The van der Waals surface area contributed by atoms with Crippen molar-refractivity contribution in [2.24, 2.45) is 21.2 Å². The molecule has 3 aromatic carbocycles. The molecule has 0 saturated heterocycles. The van der Waals surface area contributed by atoms with Gasteiger partial charge in [-0.1, -0.05) is 53.7 Å². The van der Waals surface area contributed by atoms with Crippen LogP contribution < -0.4 is 0 Å². The Morgan fingerprint density at radius 2 is 1.06 bits per heavy atom. The number of benzene rings is 3. The van der Waals surface area contributed by atoms with E-state index >= 15 is 0 Å². The molecule has 4 bridgehead atoms. The van der Waals surface area contributed by atoms with E-state index in [4.69, 9.17) is 3.50 Å². The van der Waals surface area contributed by atoms with E-state index in [0.717, 1.165) is 62.3 Å². The topological polar surface area (TPSA) is 52.8 Å². The molecule has 0 aliphatic heterocycles. The van der Waals surface area contributed by atoms with Gasteiger partial charge in [-0.3, -0.25) is 0 Å². The van der Waals surface area contributed by atoms with E-state index in [2.05, 4.69) is 116 Å². The SMILES string of the molecule is CC(C)([CH]=[Mo]=[N]C12CC3CC(CC(C3)C1)C2)c1ccccc1.Cc1cc(C(C)(C)C)c(O)c(-c2c(C)c(C)cc(C(C)(C)C)c2O)c1C. The number of nitrogens with zero attached hydrogens (tertiary/aromatic N) is 1. The zero-order valence-corrected chi connectivity index (χ0v) is 33.9. The molecular formula is C44H61MoNO2. The summed E-state index contributed by atoms with van der Waals surface area (Å²) in [5, 5.41) is 22.4. The van der Waals surface area contributed by atoms with Gasteiger partial charge in [0.1, 0.15) is 11.5 Å². The molecule has 4 saturated carbocycles. The monoisotopic (exact) mass is 733 g/mol. The van der Waals surface area contributed by atoms with Crippen LogP contribution in [0, 0.1) is 45.4 Å². The Kier molecular flexibility index (Phi) is 10.3. The quantitative estimate of drug-likeness (QED) is 0.263. The molecule has 0 atom stereocenters. The summed E-state index contributed by atoms with van der Waals surface area (Å²) in [6.07, 6.45) is 8.83. The zero-order chi connectivity index (χ0) is 35.4. The van der Waals surface area contributed by atoms with E-state index in [-0.39, 0.29) is 45.7 Å². The second kappa shape index (κ2) is 13.4. The fourth-order valence-corrected chi connectivity index (χ4v) is 11.2. The van der Waals surface area contributed by atoms with E-state index in [1.54, 1.807) is 0 Å². The molecule has 7 rings (SSSR count). The Hall–Kier alpha value is -2.38. The van der Waals surface area contributed by atoms with Crippen molar-refractivity contribution in [3.8, 4) is 22.6 Å². The second-order valence-corrected chi connectivity index (χ2v) is 19.8. The number of phenolic OH excluding ortho intramolecular Hbond substituents is 2. The third-order valence-corrected chi connectivity index (χ3v) is 14.5. The fraction of sp³-hybridized carbons (Fsp3) is 0.568. The Bertz CT molecular complexity index is 1620. The molecule has 48 heavy (non-hydrogen) atoms. The van der Waals surface area contributed by atoms with E-state index in [9.17, 15) is 10.2 Å². The van der Waals surface area contributed by atoms with Crippen LogP contribution in [0.1, 0.15) is 133 Å². The average Bonchev–Trinajstić information content (AvgIpc) is 2.97. The summed E-state index contributed by atoms with van der Waals surface area (Å²) >= 11 is -0.353. The maximum absolute atomic E-state index is 11.2. The molecule has 0 aromatic heterocycles. The Morgan fingerprint density at radius 1 is 0.667 bits per heavy atom. The van der Waals surface area contributed by atoms with Crippen molar-refractivity contribution in [1.29, 1.82) is 0 Å². The van der Waals surface area contributed by atoms with Gasteiger partial charge in [0.05, 0.1) is 0 Å². The number of rotatable bonds is 4. The molecule has 0 unspecified atom stereocenters. The smallest absolute Gasteiger partial charge is 0.127 e. The molecule has 4 fully saturated rings. The van der Waals surface area contributed by atoms with Crippen molar-refractivity contribution in [2.75, 3.05) is 0 Å². The predicted molar refractivity (Wildman–Crippen MR) is 200 cm³/mol. The van der Waals surface area contributed by atoms with Crippen LogP contribution in [0.4, 0.5) is 0 Å². The Labute approximate surface area is 299 Å². The van der Waals surface area contributed by atoms with Crippen LogP contribution in [0.15, 0.2) is 46.0 Å². The maximum Gasteiger partial charge on any atom is 0.127 e.